The molecule has 0 bridgehead atoms. The molecule has 92 valence electrons. The van der Waals surface area contributed by atoms with Crippen molar-refractivity contribution in [2.45, 2.75) is 38.2 Å². The molecule has 2 fully saturated rings. The van der Waals surface area contributed by atoms with E-state index in [4.69, 9.17) is 16.3 Å². The Morgan fingerprint density at radius 3 is 3.06 bits per heavy atom. The molecule has 2 saturated heterocycles. The van der Waals surface area contributed by atoms with Crippen molar-refractivity contribution >= 4 is 17.5 Å². The van der Waals surface area contributed by atoms with Gasteiger partial charge in [0.05, 0.1) is 0 Å². The zero-order chi connectivity index (χ0) is 11.6. The van der Waals surface area contributed by atoms with Crippen LogP contribution in [0.1, 0.15) is 32.6 Å². The van der Waals surface area contributed by atoms with Crippen LogP contribution in [0.3, 0.4) is 0 Å². The SMILES string of the molecule is CC1(C(=O)N2CCC(CCCl)C2)CCCO1. The van der Waals surface area contributed by atoms with E-state index in [1.807, 2.05) is 11.8 Å². The molecule has 2 aliphatic rings. The van der Waals surface area contributed by atoms with Crippen molar-refractivity contribution in [2.75, 3.05) is 25.6 Å². The summed E-state index contributed by atoms with van der Waals surface area (Å²) in [4.78, 5) is 14.2. The molecule has 0 aromatic rings. The van der Waals surface area contributed by atoms with E-state index in [1.165, 1.54) is 0 Å². The molecule has 0 saturated carbocycles. The Hall–Kier alpha value is -0.280. The maximum atomic E-state index is 12.3. The fraction of sp³-hybridized carbons (Fsp3) is 0.917. The van der Waals surface area contributed by atoms with Gasteiger partial charge in [-0.3, -0.25) is 4.79 Å². The maximum absolute atomic E-state index is 12.3. The fourth-order valence-electron chi connectivity index (χ4n) is 2.69. The van der Waals surface area contributed by atoms with Gasteiger partial charge in [-0.1, -0.05) is 0 Å². The van der Waals surface area contributed by atoms with Gasteiger partial charge in [0, 0.05) is 25.6 Å². The first kappa shape index (κ1) is 12.2. The average molecular weight is 246 g/mol. The van der Waals surface area contributed by atoms with Crippen molar-refractivity contribution in [3.63, 3.8) is 0 Å². The van der Waals surface area contributed by atoms with E-state index in [-0.39, 0.29) is 5.91 Å². The van der Waals surface area contributed by atoms with Gasteiger partial charge in [0.15, 0.2) is 0 Å². The first-order valence-electron chi connectivity index (χ1n) is 6.15. The second-order valence-corrected chi connectivity index (χ2v) is 5.44. The van der Waals surface area contributed by atoms with E-state index in [1.54, 1.807) is 0 Å². The molecule has 0 N–H and O–H groups in total. The summed E-state index contributed by atoms with van der Waals surface area (Å²) in [5.41, 5.74) is -0.546. The summed E-state index contributed by atoms with van der Waals surface area (Å²) < 4.78 is 5.59. The summed E-state index contributed by atoms with van der Waals surface area (Å²) in [6, 6.07) is 0. The van der Waals surface area contributed by atoms with Gasteiger partial charge in [-0.05, 0) is 38.5 Å². The van der Waals surface area contributed by atoms with Crippen LogP contribution < -0.4 is 0 Å². The molecule has 3 nitrogen and oxygen atoms in total. The fourth-order valence-corrected chi connectivity index (χ4v) is 3.00. The third-order valence-corrected chi connectivity index (χ3v) is 3.98. The van der Waals surface area contributed by atoms with Crippen LogP contribution in [0.5, 0.6) is 0 Å². The lowest BCUT2D eigenvalue weighted by Crippen LogP contribution is -2.45. The lowest BCUT2D eigenvalue weighted by molar-refractivity contribution is -0.150. The molecule has 0 spiro atoms. The molecule has 0 aromatic carbocycles. The van der Waals surface area contributed by atoms with Crippen molar-refractivity contribution in [2.24, 2.45) is 5.92 Å². The van der Waals surface area contributed by atoms with Crippen LogP contribution in [0.15, 0.2) is 0 Å². The van der Waals surface area contributed by atoms with Crippen LogP contribution >= 0.6 is 11.6 Å². The predicted octanol–water partition coefficient (Wildman–Crippen LogP) is 2.03. The minimum atomic E-state index is -0.546. The third kappa shape index (κ3) is 2.35. The number of carbonyl (C=O) groups excluding carboxylic acids is 1. The highest BCUT2D eigenvalue weighted by molar-refractivity contribution is 6.17. The van der Waals surface area contributed by atoms with Crippen LogP contribution in [0.4, 0.5) is 0 Å². The summed E-state index contributed by atoms with van der Waals surface area (Å²) >= 11 is 5.74. The van der Waals surface area contributed by atoms with E-state index >= 15 is 0 Å². The topological polar surface area (TPSA) is 29.5 Å². The first-order chi connectivity index (χ1) is 7.65. The monoisotopic (exact) mass is 245 g/mol. The van der Waals surface area contributed by atoms with E-state index < -0.39 is 5.60 Å². The Balaban J connectivity index is 1.91. The van der Waals surface area contributed by atoms with Gasteiger partial charge in [0.25, 0.3) is 5.91 Å². The number of alkyl halides is 1. The summed E-state index contributed by atoms with van der Waals surface area (Å²) in [6.45, 7) is 4.39. The van der Waals surface area contributed by atoms with Gasteiger partial charge < -0.3 is 9.64 Å². The molecule has 0 aliphatic carbocycles. The Morgan fingerprint density at radius 2 is 2.44 bits per heavy atom. The Kier molecular flexibility index (Phi) is 3.75. The van der Waals surface area contributed by atoms with Crippen molar-refractivity contribution in [1.29, 1.82) is 0 Å². The second kappa shape index (κ2) is 4.92. The minimum absolute atomic E-state index is 0.182. The Bertz CT molecular complexity index is 264. The Labute approximate surface area is 102 Å². The number of likely N-dealkylation sites (tertiary alicyclic amines) is 1. The zero-order valence-corrected chi connectivity index (χ0v) is 10.6. The molecule has 2 atom stereocenters. The maximum Gasteiger partial charge on any atom is 0.254 e. The standard InChI is InChI=1S/C12H20ClNO2/c1-12(5-2-8-16-12)11(15)14-7-4-10(9-14)3-6-13/h10H,2-9H2,1H3. The van der Waals surface area contributed by atoms with Crippen LogP contribution in [0.25, 0.3) is 0 Å². The first-order valence-corrected chi connectivity index (χ1v) is 6.68. The molecular formula is C12H20ClNO2. The number of carbonyl (C=O) groups is 1. The van der Waals surface area contributed by atoms with Crippen molar-refractivity contribution in [3.05, 3.63) is 0 Å². The summed E-state index contributed by atoms with van der Waals surface area (Å²) in [7, 11) is 0. The van der Waals surface area contributed by atoms with Crippen LogP contribution in [-0.4, -0.2) is 42.0 Å². The molecule has 2 heterocycles. The molecule has 16 heavy (non-hydrogen) atoms. The lowest BCUT2D eigenvalue weighted by Gasteiger charge is -2.28. The predicted molar refractivity (Wildman–Crippen MR) is 63.6 cm³/mol. The third-order valence-electron chi connectivity index (χ3n) is 3.76. The molecule has 1 amide bonds. The summed E-state index contributed by atoms with van der Waals surface area (Å²) in [5.74, 6) is 1.47. The van der Waals surface area contributed by atoms with E-state index in [2.05, 4.69) is 0 Å². The highest BCUT2D eigenvalue weighted by atomic mass is 35.5. The van der Waals surface area contributed by atoms with E-state index in [0.717, 1.165) is 45.4 Å². The number of halogens is 1. The van der Waals surface area contributed by atoms with Gasteiger partial charge in [-0.2, -0.15) is 0 Å². The normalized spacial score (nSPS) is 34.6. The van der Waals surface area contributed by atoms with Gasteiger partial charge in [-0.15, -0.1) is 11.6 Å². The average Bonchev–Trinajstić information content (AvgIpc) is 2.88. The molecule has 2 aliphatic heterocycles. The summed E-state index contributed by atoms with van der Waals surface area (Å²) in [6.07, 6.45) is 3.97. The van der Waals surface area contributed by atoms with Crippen LogP contribution in [-0.2, 0) is 9.53 Å². The molecule has 4 heteroatoms. The smallest absolute Gasteiger partial charge is 0.254 e. The van der Waals surface area contributed by atoms with Crippen molar-refractivity contribution < 1.29 is 9.53 Å². The molecule has 2 unspecified atom stereocenters. The van der Waals surface area contributed by atoms with Gasteiger partial charge in [0.2, 0.25) is 0 Å². The highest BCUT2D eigenvalue weighted by Gasteiger charge is 2.42. The number of ether oxygens (including phenoxy) is 1. The molecule has 0 radical (unpaired) electrons. The van der Waals surface area contributed by atoms with E-state index in [0.29, 0.717) is 11.8 Å². The lowest BCUT2D eigenvalue weighted by atomic mass is 10.0. The van der Waals surface area contributed by atoms with Crippen LogP contribution in [0.2, 0.25) is 0 Å². The van der Waals surface area contributed by atoms with Crippen molar-refractivity contribution in [3.8, 4) is 0 Å². The van der Waals surface area contributed by atoms with Gasteiger partial charge >= 0.3 is 0 Å². The van der Waals surface area contributed by atoms with Gasteiger partial charge in [0.1, 0.15) is 5.60 Å². The zero-order valence-electron chi connectivity index (χ0n) is 9.88. The van der Waals surface area contributed by atoms with Gasteiger partial charge in [-0.25, -0.2) is 0 Å². The number of hydrogen-bond acceptors (Lipinski definition) is 2. The second-order valence-electron chi connectivity index (χ2n) is 5.07. The number of hydrogen-bond donors (Lipinski definition) is 0. The highest BCUT2D eigenvalue weighted by Crippen LogP contribution is 2.30. The van der Waals surface area contributed by atoms with Crippen molar-refractivity contribution in [1.82, 2.24) is 4.90 Å². The summed E-state index contributed by atoms with van der Waals surface area (Å²) in [5, 5.41) is 0. The molecule has 2 rings (SSSR count). The largest absolute Gasteiger partial charge is 0.365 e. The minimum Gasteiger partial charge on any atom is -0.365 e. The number of nitrogens with zero attached hydrogens (tertiary/aromatic N) is 1. The van der Waals surface area contributed by atoms with Crippen LogP contribution in [0, 0.1) is 5.92 Å². The molecular weight excluding hydrogens is 226 g/mol. The quantitative estimate of drug-likeness (QED) is 0.712. The number of rotatable bonds is 3. The van der Waals surface area contributed by atoms with E-state index in [9.17, 15) is 4.79 Å². The number of amides is 1. The molecule has 0 aromatic heterocycles. The Morgan fingerprint density at radius 1 is 1.62 bits per heavy atom.